The molecule has 3 fully saturated rings. The maximum absolute atomic E-state index is 12.5. The van der Waals surface area contributed by atoms with E-state index in [4.69, 9.17) is 4.74 Å². The lowest BCUT2D eigenvalue weighted by Crippen LogP contribution is -2.45. The van der Waals surface area contributed by atoms with Gasteiger partial charge in [-0.15, -0.1) is 0 Å². The van der Waals surface area contributed by atoms with Crippen LogP contribution in [0.5, 0.6) is 5.75 Å². The van der Waals surface area contributed by atoms with E-state index < -0.39 is 0 Å². The predicted octanol–water partition coefficient (Wildman–Crippen LogP) is 2.31. The fourth-order valence-corrected chi connectivity index (χ4v) is 4.20. The van der Waals surface area contributed by atoms with Crippen LogP contribution in [0.4, 0.5) is 0 Å². The summed E-state index contributed by atoms with van der Waals surface area (Å²) in [6.45, 7) is 2.48. The van der Waals surface area contributed by atoms with Crippen LogP contribution < -0.4 is 4.74 Å². The summed E-state index contributed by atoms with van der Waals surface area (Å²) >= 11 is 0. The van der Waals surface area contributed by atoms with E-state index in [-0.39, 0.29) is 12.5 Å². The Morgan fingerprint density at radius 1 is 1.04 bits per heavy atom. The standard InChI is InChI=1S/C20H26N2O3/c23-19-12-15-8-10-21(13-16(15)9-11-22(19)17-6-7-17)20(24)14-25-18-4-2-1-3-5-18/h1-5,15-17H,6-14H2. The van der Waals surface area contributed by atoms with E-state index in [9.17, 15) is 9.59 Å². The van der Waals surface area contributed by atoms with E-state index in [0.717, 1.165) is 38.2 Å². The lowest BCUT2D eigenvalue weighted by molar-refractivity contribution is -0.136. The summed E-state index contributed by atoms with van der Waals surface area (Å²) in [7, 11) is 0. The molecule has 1 saturated carbocycles. The first-order valence-corrected chi connectivity index (χ1v) is 9.46. The molecule has 0 N–H and O–H groups in total. The van der Waals surface area contributed by atoms with Crippen molar-refractivity contribution in [1.29, 1.82) is 0 Å². The Morgan fingerprint density at radius 2 is 1.80 bits per heavy atom. The molecule has 5 heteroatoms. The minimum Gasteiger partial charge on any atom is -0.484 e. The minimum absolute atomic E-state index is 0.0527. The number of amides is 2. The SMILES string of the molecule is O=C(COc1ccccc1)N1CCC2CC(=O)N(C3CC3)CCC2C1. The van der Waals surface area contributed by atoms with Crippen LogP contribution in [0.2, 0.25) is 0 Å². The largest absolute Gasteiger partial charge is 0.484 e. The summed E-state index contributed by atoms with van der Waals surface area (Å²) < 4.78 is 5.60. The van der Waals surface area contributed by atoms with Gasteiger partial charge in [-0.25, -0.2) is 0 Å². The first kappa shape index (κ1) is 16.4. The number of carbonyl (C=O) groups is 2. The van der Waals surface area contributed by atoms with Crippen LogP contribution in [0, 0.1) is 11.8 Å². The van der Waals surface area contributed by atoms with Gasteiger partial charge in [0.05, 0.1) is 0 Å². The van der Waals surface area contributed by atoms with Crippen LogP contribution in [0.15, 0.2) is 30.3 Å². The van der Waals surface area contributed by atoms with Crippen molar-refractivity contribution in [2.75, 3.05) is 26.2 Å². The lowest BCUT2D eigenvalue weighted by Gasteiger charge is -2.37. The van der Waals surface area contributed by atoms with Crippen molar-refractivity contribution in [1.82, 2.24) is 9.80 Å². The summed E-state index contributed by atoms with van der Waals surface area (Å²) in [5.74, 6) is 2.00. The molecule has 134 valence electrons. The van der Waals surface area contributed by atoms with Gasteiger partial charge in [0.1, 0.15) is 5.75 Å². The normalized spacial score (nSPS) is 26.8. The Hall–Kier alpha value is -2.04. The van der Waals surface area contributed by atoms with Crippen molar-refractivity contribution < 1.29 is 14.3 Å². The number of likely N-dealkylation sites (tertiary alicyclic amines) is 2. The molecule has 5 nitrogen and oxygen atoms in total. The highest BCUT2D eigenvalue weighted by Crippen LogP contribution is 2.36. The number of fused-ring (bicyclic) bond motifs is 1. The smallest absolute Gasteiger partial charge is 0.260 e. The summed E-state index contributed by atoms with van der Waals surface area (Å²) in [5, 5.41) is 0. The average molecular weight is 342 g/mol. The lowest BCUT2D eigenvalue weighted by atomic mass is 9.82. The molecule has 0 radical (unpaired) electrons. The molecule has 2 atom stereocenters. The Balaban J connectivity index is 1.32. The zero-order valence-corrected chi connectivity index (χ0v) is 14.6. The molecule has 3 aliphatic rings. The van der Waals surface area contributed by atoms with Crippen molar-refractivity contribution in [2.45, 2.75) is 38.1 Å². The van der Waals surface area contributed by atoms with E-state index >= 15 is 0 Å². The zero-order valence-electron chi connectivity index (χ0n) is 14.6. The molecule has 25 heavy (non-hydrogen) atoms. The first-order chi connectivity index (χ1) is 12.2. The van der Waals surface area contributed by atoms with E-state index in [0.29, 0.717) is 30.2 Å². The number of rotatable bonds is 4. The van der Waals surface area contributed by atoms with E-state index in [1.54, 1.807) is 0 Å². The van der Waals surface area contributed by atoms with Crippen molar-refractivity contribution in [3.8, 4) is 5.75 Å². The maximum atomic E-state index is 12.5. The molecular formula is C20H26N2O3. The van der Waals surface area contributed by atoms with Gasteiger partial charge in [0.2, 0.25) is 5.91 Å². The van der Waals surface area contributed by atoms with Gasteiger partial charge < -0.3 is 14.5 Å². The number of para-hydroxylation sites is 1. The molecule has 4 rings (SSSR count). The summed E-state index contributed by atoms with van der Waals surface area (Å²) in [6.07, 6.45) is 4.97. The number of hydrogen-bond donors (Lipinski definition) is 0. The van der Waals surface area contributed by atoms with Crippen molar-refractivity contribution >= 4 is 11.8 Å². The highest BCUT2D eigenvalue weighted by molar-refractivity contribution is 5.79. The number of piperidine rings is 1. The fourth-order valence-electron chi connectivity index (χ4n) is 4.20. The van der Waals surface area contributed by atoms with Gasteiger partial charge in [-0.05, 0) is 49.7 Å². The molecule has 2 saturated heterocycles. The van der Waals surface area contributed by atoms with E-state index in [2.05, 4.69) is 4.90 Å². The quantitative estimate of drug-likeness (QED) is 0.844. The second kappa shape index (κ2) is 7.06. The Labute approximate surface area is 148 Å². The molecule has 1 aromatic rings. The second-order valence-corrected chi connectivity index (χ2v) is 7.56. The summed E-state index contributed by atoms with van der Waals surface area (Å²) in [6, 6.07) is 9.97. The fraction of sp³-hybridized carbons (Fsp3) is 0.600. The third-order valence-electron chi connectivity index (χ3n) is 5.84. The highest BCUT2D eigenvalue weighted by atomic mass is 16.5. The van der Waals surface area contributed by atoms with Gasteiger partial charge in [-0.1, -0.05) is 18.2 Å². The van der Waals surface area contributed by atoms with Crippen molar-refractivity contribution in [3.05, 3.63) is 30.3 Å². The van der Waals surface area contributed by atoms with Gasteiger partial charge in [0.25, 0.3) is 5.91 Å². The summed E-state index contributed by atoms with van der Waals surface area (Å²) in [5.41, 5.74) is 0. The Kier molecular flexibility index (Phi) is 4.64. The third-order valence-corrected chi connectivity index (χ3v) is 5.84. The predicted molar refractivity (Wildman–Crippen MR) is 94.1 cm³/mol. The molecule has 0 bridgehead atoms. The third kappa shape index (κ3) is 3.80. The minimum atomic E-state index is 0.0527. The molecule has 2 unspecified atom stereocenters. The van der Waals surface area contributed by atoms with Crippen LogP contribution in [0.3, 0.4) is 0 Å². The van der Waals surface area contributed by atoms with Crippen molar-refractivity contribution in [2.24, 2.45) is 11.8 Å². The van der Waals surface area contributed by atoms with Crippen LogP contribution in [-0.2, 0) is 9.59 Å². The van der Waals surface area contributed by atoms with Crippen LogP contribution in [-0.4, -0.2) is 53.9 Å². The van der Waals surface area contributed by atoms with E-state index in [1.807, 2.05) is 35.2 Å². The molecule has 0 aromatic heterocycles. The van der Waals surface area contributed by atoms with Crippen molar-refractivity contribution in [3.63, 3.8) is 0 Å². The van der Waals surface area contributed by atoms with E-state index in [1.165, 1.54) is 12.8 Å². The average Bonchev–Trinajstić information content (AvgIpc) is 3.47. The van der Waals surface area contributed by atoms with Crippen LogP contribution in [0.25, 0.3) is 0 Å². The molecule has 1 aliphatic carbocycles. The van der Waals surface area contributed by atoms with Crippen LogP contribution in [0.1, 0.15) is 32.1 Å². The second-order valence-electron chi connectivity index (χ2n) is 7.56. The maximum Gasteiger partial charge on any atom is 0.260 e. The van der Waals surface area contributed by atoms with Gasteiger partial charge in [-0.2, -0.15) is 0 Å². The van der Waals surface area contributed by atoms with Gasteiger partial charge >= 0.3 is 0 Å². The van der Waals surface area contributed by atoms with Crippen LogP contribution >= 0.6 is 0 Å². The van der Waals surface area contributed by atoms with Gasteiger partial charge in [0.15, 0.2) is 6.61 Å². The molecule has 2 heterocycles. The number of nitrogens with zero attached hydrogens (tertiary/aromatic N) is 2. The molecule has 1 aromatic carbocycles. The monoisotopic (exact) mass is 342 g/mol. The van der Waals surface area contributed by atoms with Gasteiger partial charge in [-0.3, -0.25) is 9.59 Å². The number of carbonyl (C=O) groups excluding carboxylic acids is 2. The molecule has 0 spiro atoms. The number of ether oxygens (including phenoxy) is 1. The molecule has 2 amide bonds. The zero-order chi connectivity index (χ0) is 17.2. The number of hydrogen-bond acceptors (Lipinski definition) is 3. The Bertz CT molecular complexity index is 629. The van der Waals surface area contributed by atoms with Gasteiger partial charge in [0, 0.05) is 32.1 Å². The summed E-state index contributed by atoms with van der Waals surface area (Å²) in [4.78, 5) is 29.0. The topological polar surface area (TPSA) is 49.9 Å². The molecular weight excluding hydrogens is 316 g/mol. The molecule has 2 aliphatic heterocycles. The highest BCUT2D eigenvalue weighted by Gasteiger charge is 2.40. The Morgan fingerprint density at radius 3 is 2.56 bits per heavy atom. The number of benzene rings is 1. The first-order valence-electron chi connectivity index (χ1n) is 9.46.